The van der Waals surface area contributed by atoms with Gasteiger partial charge in [-0.15, -0.1) is 5.10 Å². The van der Waals surface area contributed by atoms with E-state index < -0.39 is 0 Å². The standard InChI is InChI=1S/C10H12N4/c11-10(12)14-13-8-4-7-9-5-2-1-3-6-9/h1-8H,(H4,11,12,14)/b7-4+,13-8?. The fourth-order valence-corrected chi connectivity index (χ4v) is 0.857. The van der Waals surface area contributed by atoms with Crippen LogP contribution < -0.4 is 11.5 Å². The first kappa shape index (κ1) is 9.98. The van der Waals surface area contributed by atoms with Gasteiger partial charge < -0.3 is 11.5 Å². The van der Waals surface area contributed by atoms with E-state index in [4.69, 9.17) is 11.5 Å². The van der Waals surface area contributed by atoms with Gasteiger partial charge in [0.25, 0.3) is 0 Å². The Morgan fingerprint density at radius 1 is 1.14 bits per heavy atom. The molecule has 4 heteroatoms. The molecule has 1 aromatic rings. The lowest BCUT2D eigenvalue weighted by Gasteiger charge is -1.87. The van der Waals surface area contributed by atoms with Crippen LogP contribution in [0.3, 0.4) is 0 Å². The molecule has 0 aliphatic carbocycles. The van der Waals surface area contributed by atoms with Crippen LogP contribution >= 0.6 is 0 Å². The lowest BCUT2D eigenvalue weighted by Crippen LogP contribution is -2.21. The summed E-state index contributed by atoms with van der Waals surface area (Å²) in [5, 5.41) is 7.06. The molecule has 0 radical (unpaired) electrons. The molecule has 1 aromatic carbocycles. The Morgan fingerprint density at radius 3 is 2.50 bits per heavy atom. The van der Waals surface area contributed by atoms with Gasteiger partial charge in [-0.2, -0.15) is 5.10 Å². The van der Waals surface area contributed by atoms with Crippen LogP contribution in [0.5, 0.6) is 0 Å². The molecule has 0 amide bonds. The van der Waals surface area contributed by atoms with Crippen LogP contribution in [0.2, 0.25) is 0 Å². The van der Waals surface area contributed by atoms with Crippen LogP contribution in [-0.2, 0) is 0 Å². The second kappa shape index (κ2) is 5.53. The van der Waals surface area contributed by atoms with Gasteiger partial charge in [0.05, 0.1) is 0 Å². The van der Waals surface area contributed by atoms with Gasteiger partial charge in [-0.05, 0) is 11.6 Å². The molecule has 0 heterocycles. The first-order chi connectivity index (χ1) is 6.79. The summed E-state index contributed by atoms with van der Waals surface area (Å²) in [4.78, 5) is 0. The van der Waals surface area contributed by atoms with Crippen LogP contribution in [0, 0.1) is 0 Å². The maximum atomic E-state index is 5.08. The molecular weight excluding hydrogens is 176 g/mol. The second-order valence-corrected chi connectivity index (χ2v) is 2.56. The molecule has 0 saturated carbocycles. The average molecular weight is 188 g/mol. The molecule has 0 spiro atoms. The molecule has 0 saturated heterocycles. The van der Waals surface area contributed by atoms with E-state index in [-0.39, 0.29) is 5.96 Å². The van der Waals surface area contributed by atoms with E-state index in [0.29, 0.717) is 0 Å². The molecular formula is C10H12N4. The summed E-state index contributed by atoms with van der Waals surface area (Å²) >= 11 is 0. The smallest absolute Gasteiger partial charge is 0.211 e. The molecule has 4 N–H and O–H groups in total. The molecule has 0 fully saturated rings. The predicted octanol–water partition coefficient (Wildman–Crippen LogP) is 0.959. The summed E-state index contributed by atoms with van der Waals surface area (Å²) < 4.78 is 0. The largest absolute Gasteiger partial charge is 0.369 e. The van der Waals surface area contributed by atoms with Crippen LogP contribution in [0.4, 0.5) is 0 Å². The highest BCUT2D eigenvalue weighted by atomic mass is 15.3. The number of nitrogens with zero attached hydrogens (tertiary/aromatic N) is 2. The van der Waals surface area contributed by atoms with Gasteiger partial charge in [0.2, 0.25) is 5.96 Å². The van der Waals surface area contributed by atoms with Gasteiger partial charge in [-0.25, -0.2) is 0 Å². The average Bonchev–Trinajstić information content (AvgIpc) is 2.18. The summed E-state index contributed by atoms with van der Waals surface area (Å²) in [6.45, 7) is 0. The Bertz CT molecular complexity index is 348. The van der Waals surface area contributed by atoms with Crippen molar-refractivity contribution in [2.24, 2.45) is 21.7 Å². The number of hydrogen-bond donors (Lipinski definition) is 2. The summed E-state index contributed by atoms with van der Waals surface area (Å²) in [7, 11) is 0. The monoisotopic (exact) mass is 188 g/mol. The van der Waals surface area contributed by atoms with Crippen molar-refractivity contribution in [1.82, 2.24) is 0 Å². The van der Waals surface area contributed by atoms with Crippen molar-refractivity contribution in [2.75, 3.05) is 0 Å². The van der Waals surface area contributed by atoms with Crippen LogP contribution in [0.25, 0.3) is 6.08 Å². The van der Waals surface area contributed by atoms with Crippen LogP contribution in [0.1, 0.15) is 5.56 Å². The molecule has 72 valence electrons. The number of nitrogens with two attached hydrogens (primary N) is 2. The third-order valence-corrected chi connectivity index (χ3v) is 1.41. The summed E-state index contributed by atoms with van der Waals surface area (Å²) in [6.07, 6.45) is 5.19. The zero-order valence-corrected chi connectivity index (χ0v) is 7.67. The van der Waals surface area contributed by atoms with Gasteiger partial charge in [0.1, 0.15) is 0 Å². The maximum absolute atomic E-state index is 5.08. The van der Waals surface area contributed by atoms with Gasteiger partial charge in [0, 0.05) is 6.21 Å². The summed E-state index contributed by atoms with van der Waals surface area (Å²) in [5.74, 6) is -0.0469. The maximum Gasteiger partial charge on any atom is 0.211 e. The van der Waals surface area contributed by atoms with Crippen molar-refractivity contribution in [2.45, 2.75) is 0 Å². The number of allylic oxidation sites excluding steroid dienone is 1. The number of rotatable bonds is 3. The van der Waals surface area contributed by atoms with Gasteiger partial charge in [0.15, 0.2) is 0 Å². The first-order valence-corrected chi connectivity index (χ1v) is 4.13. The molecule has 0 aliphatic heterocycles. The van der Waals surface area contributed by atoms with Crippen molar-refractivity contribution in [3.63, 3.8) is 0 Å². The fourth-order valence-electron chi connectivity index (χ4n) is 0.857. The Kier molecular flexibility index (Phi) is 3.94. The van der Waals surface area contributed by atoms with Crippen LogP contribution in [0.15, 0.2) is 46.6 Å². The van der Waals surface area contributed by atoms with E-state index in [1.54, 1.807) is 6.08 Å². The summed E-state index contributed by atoms with van der Waals surface area (Å²) in [5.41, 5.74) is 11.3. The zero-order valence-electron chi connectivity index (χ0n) is 7.67. The first-order valence-electron chi connectivity index (χ1n) is 4.13. The minimum Gasteiger partial charge on any atom is -0.369 e. The minimum atomic E-state index is -0.0469. The lowest BCUT2D eigenvalue weighted by atomic mass is 10.2. The third kappa shape index (κ3) is 4.06. The van der Waals surface area contributed by atoms with E-state index in [9.17, 15) is 0 Å². The Hall–Kier alpha value is -2.10. The zero-order chi connectivity index (χ0) is 10.2. The minimum absolute atomic E-state index is 0.0469. The second-order valence-electron chi connectivity index (χ2n) is 2.56. The predicted molar refractivity (Wildman–Crippen MR) is 59.8 cm³/mol. The van der Waals surface area contributed by atoms with Gasteiger partial charge >= 0.3 is 0 Å². The van der Waals surface area contributed by atoms with Crippen molar-refractivity contribution in [1.29, 1.82) is 0 Å². The molecule has 4 nitrogen and oxygen atoms in total. The quantitative estimate of drug-likeness (QED) is 0.421. The Morgan fingerprint density at radius 2 is 1.86 bits per heavy atom. The molecule has 1 rings (SSSR count). The van der Waals surface area contributed by atoms with E-state index in [1.165, 1.54) is 6.21 Å². The molecule has 0 aromatic heterocycles. The van der Waals surface area contributed by atoms with Crippen molar-refractivity contribution < 1.29 is 0 Å². The number of hydrogen-bond acceptors (Lipinski definition) is 2. The molecule has 0 atom stereocenters. The highest BCUT2D eigenvalue weighted by Gasteiger charge is 1.79. The SMILES string of the molecule is NC(N)=NN=C/C=C/c1ccccc1. The molecule has 14 heavy (non-hydrogen) atoms. The Labute approximate surface area is 82.6 Å². The lowest BCUT2D eigenvalue weighted by molar-refractivity contribution is 1.22. The summed E-state index contributed by atoms with van der Waals surface area (Å²) in [6, 6.07) is 9.88. The fraction of sp³-hybridized carbons (Fsp3) is 0. The highest BCUT2D eigenvalue weighted by molar-refractivity contribution is 5.80. The third-order valence-electron chi connectivity index (χ3n) is 1.41. The van der Waals surface area contributed by atoms with Crippen LogP contribution in [-0.4, -0.2) is 12.2 Å². The van der Waals surface area contributed by atoms with Gasteiger partial charge in [-0.1, -0.05) is 36.4 Å². The topological polar surface area (TPSA) is 76.8 Å². The van der Waals surface area contributed by atoms with E-state index in [2.05, 4.69) is 10.2 Å². The Balaban J connectivity index is 2.50. The van der Waals surface area contributed by atoms with Gasteiger partial charge in [-0.3, -0.25) is 0 Å². The van der Waals surface area contributed by atoms with Crippen molar-refractivity contribution in [3.8, 4) is 0 Å². The van der Waals surface area contributed by atoms with E-state index in [1.807, 2.05) is 36.4 Å². The van der Waals surface area contributed by atoms with E-state index >= 15 is 0 Å². The molecule has 0 unspecified atom stereocenters. The number of benzene rings is 1. The highest BCUT2D eigenvalue weighted by Crippen LogP contribution is 1.99. The number of guanidine groups is 1. The molecule has 0 bridgehead atoms. The van der Waals surface area contributed by atoms with Crippen molar-refractivity contribution in [3.05, 3.63) is 42.0 Å². The molecule has 0 aliphatic rings. The van der Waals surface area contributed by atoms with Crippen molar-refractivity contribution >= 4 is 18.3 Å². The van der Waals surface area contributed by atoms with E-state index in [0.717, 1.165) is 5.56 Å². The normalized spacial score (nSPS) is 10.9.